The molecule has 4 atom stereocenters. The van der Waals surface area contributed by atoms with E-state index in [2.05, 4.69) is 19.2 Å². The normalized spacial score (nSPS) is 37.7. The van der Waals surface area contributed by atoms with Gasteiger partial charge in [-0.2, -0.15) is 0 Å². The van der Waals surface area contributed by atoms with Crippen LogP contribution in [0, 0.1) is 5.92 Å². The van der Waals surface area contributed by atoms with Crippen LogP contribution in [0.4, 0.5) is 0 Å². The first kappa shape index (κ1) is 10.4. The molecule has 1 N–H and O–H groups in total. The molecule has 0 amide bonds. The molecule has 82 valence electrons. The highest BCUT2D eigenvalue weighted by Gasteiger charge is 2.40. The van der Waals surface area contributed by atoms with E-state index < -0.39 is 0 Å². The maximum absolute atomic E-state index is 5.84. The number of hydrogen-bond acceptors (Lipinski definition) is 2. The topological polar surface area (TPSA) is 21.3 Å². The number of fused-ring (bicyclic) bond motifs is 2. The highest BCUT2D eigenvalue weighted by Crippen LogP contribution is 2.38. The van der Waals surface area contributed by atoms with Gasteiger partial charge in [-0.25, -0.2) is 0 Å². The molecule has 14 heavy (non-hydrogen) atoms. The Hall–Kier alpha value is -0.0800. The minimum atomic E-state index is 0.585. The Morgan fingerprint density at radius 1 is 1.43 bits per heavy atom. The second-order valence-electron chi connectivity index (χ2n) is 4.97. The van der Waals surface area contributed by atoms with Gasteiger partial charge >= 0.3 is 0 Å². The van der Waals surface area contributed by atoms with Crippen LogP contribution < -0.4 is 5.32 Å². The van der Waals surface area contributed by atoms with E-state index in [4.69, 9.17) is 4.74 Å². The molecule has 2 heterocycles. The number of ether oxygens (including phenoxy) is 1. The van der Waals surface area contributed by atoms with Gasteiger partial charge in [0.1, 0.15) is 0 Å². The third kappa shape index (κ3) is 2.29. The van der Waals surface area contributed by atoms with Gasteiger partial charge in [0, 0.05) is 18.5 Å². The summed E-state index contributed by atoms with van der Waals surface area (Å²) in [6.07, 6.45) is 7.68. The van der Waals surface area contributed by atoms with E-state index in [-0.39, 0.29) is 0 Å². The van der Waals surface area contributed by atoms with Crippen molar-refractivity contribution in [2.75, 3.05) is 6.54 Å². The monoisotopic (exact) mass is 197 g/mol. The predicted octanol–water partition coefficient (Wildman–Crippen LogP) is 2.33. The van der Waals surface area contributed by atoms with Crippen LogP contribution in [-0.2, 0) is 4.74 Å². The lowest BCUT2D eigenvalue weighted by atomic mass is 9.89. The maximum Gasteiger partial charge on any atom is 0.0621 e. The second-order valence-corrected chi connectivity index (χ2v) is 4.97. The number of hydrogen-bond donors (Lipinski definition) is 1. The van der Waals surface area contributed by atoms with Crippen molar-refractivity contribution in [3.8, 4) is 0 Å². The van der Waals surface area contributed by atoms with Gasteiger partial charge in [0.05, 0.1) is 12.2 Å². The third-order valence-electron chi connectivity index (χ3n) is 3.68. The van der Waals surface area contributed by atoms with Crippen LogP contribution in [0.2, 0.25) is 0 Å². The van der Waals surface area contributed by atoms with Crippen LogP contribution in [-0.4, -0.2) is 24.8 Å². The standard InChI is InChI=1S/C12H23NO/c1-3-4-9(2)13-8-10-7-11-5-6-12(10)14-11/h9-13H,3-8H2,1-2H3. The Morgan fingerprint density at radius 2 is 2.29 bits per heavy atom. The average molecular weight is 197 g/mol. The van der Waals surface area contributed by atoms with E-state index in [9.17, 15) is 0 Å². The first-order chi connectivity index (χ1) is 6.79. The van der Waals surface area contributed by atoms with Gasteiger partial charge in [-0.15, -0.1) is 0 Å². The van der Waals surface area contributed by atoms with E-state index in [0.717, 1.165) is 5.92 Å². The molecule has 2 aliphatic heterocycles. The van der Waals surface area contributed by atoms with Crippen molar-refractivity contribution in [1.82, 2.24) is 5.32 Å². The molecule has 2 heteroatoms. The predicted molar refractivity (Wildman–Crippen MR) is 58.4 cm³/mol. The molecule has 2 bridgehead atoms. The summed E-state index contributed by atoms with van der Waals surface area (Å²) in [5.74, 6) is 0.799. The van der Waals surface area contributed by atoms with E-state index in [1.165, 1.54) is 38.6 Å². The van der Waals surface area contributed by atoms with E-state index in [0.29, 0.717) is 18.2 Å². The molecule has 2 saturated heterocycles. The molecule has 0 aromatic heterocycles. The summed E-state index contributed by atoms with van der Waals surface area (Å²) in [7, 11) is 0. The Kier molecular flexibility index (Phi) is 3.45. The lowest BCUT2D eigenvalue weighted by Crippen LogP contribution is -2.34. The lowest BCUT2D eigenvalue weighted by Gasteiger charge is -2.21. The van der Waals surface area contributed by atoms with Crippen molar-refractivity contribution in [3.63, 3.8) is 0 Å². The summed E-state index contributed by atoms with van der Waals surface area (Å²) < 4.78 is 5.84. The third-order valence-corrected chi connectivity index (χ3v) is 3.68. The lowest BCUT2D eigenvalue weighted by molar-refractivity contribution is 0.0920. The second kappa shape index (κ2) is 4.63. The molecule has 0 aromatic carbocycles. The number of nitrogens with one attached hydrogen (secondary N) is 1. The van der Waals surface area contributed by atoms with Gasteiger partial charge in [-0.3, -0.25) is 0 Å². The molecule has 0 saturated carbocycles. The first-order valence-corrected chi connectivity index (χ1v) is 6.18. The van der Waals surface area contributed by atoms with Gasteiger partial charge in [-0.05, 0) is 32.6 Å². The van der Waals surface area contributed by atoms with Crippen molar-refractivity contribution in [3.05, 3.63) is 0 Å². The average Bonchev–Trinajstić information content (AvgIpc) is 2.76. The van der Waals surface area contributed by atoms with Crippen molar-refractivity contribution >= 4 is 0 Å². The van der Waals surface area contributed by atoms with Gasteiger partial charge in [0.15, 0.2) is 0 Å². The molecule has 2 aliphatic rings. The van der Waals surface area contributed by atoms with Gasteiger partial charge in [0.2, 0.25) is 0 Å². The maximum atomic E-state index is 5.84. The van der Waals surface area contributed by atoms with E-state index in [1.807, 2.05) is 0 Å². The summed E-state index contributed by atoms with van der Waals surface area (Å²) in [5.41, 5.74) is 0. The van der Waals surface area contributed by atoms with Crippen molar-refractivity contribution in [2.45, 2.75) is 64.2 Å². The molecular formula is C12H23NO. The van der Waals surface area contributed by atoms with E-state index >= 15 is 0 Å². The van der Waals surface area contributed by atoms with Crippen LogP contribution in [0.1, 0.15) is 46.0 Å². The minimum Gasteiger partial charge on any atom is -0.375 e. The Balaban J connectivity index is 1.66. The van der Waals surface area contributed by atoms with Crippen molar-refractivity contribution < 1.29 is 4.74 Å². The van der Waals surface area contributed by atoms with Gasteiger partial charge in [-0.1, -0.05) is 13.3 Å². The van der Waals surface area contributed by atoms with Crippen LogP contribution in [0.25, 0.3) is 0 Å². The fraction of sp³-hybridized carbons (Fsp3) is 1.00. The van der Waals surface area contributed by atoms with Gasteiger partial charge in [0.25, 0.3) is 0 Å². The zero-order chi connectivity index (χ0) is 9.97. The summed E-state index contributed by atoms with van der Waals surface area (Å²) in [6.45, 7) is 5.71. The van der Waals surface area contributed by atoms with Crippen LogP contribution in [0.15, 0.2) is 0 Å². The summed E-state index contributed by atoms with van der Waals surface area (Å²) >= 11 is 0. The fourth-order valence-corrected chi connectivity index (χ4v) is 2.85. The van der Waals surface area contributed by atoms with Crippen LogP contribution in [0.5, 0.6) is 0 Å². The Morgan fingerprint density at radius 3 is 2.86 bits per heavy atom. The zero-order valence-electron chi connectivity index (χ0n) is 9.46. The summed E-state index contributed by atoms with van der Waals surface area (Å²) in [4.78, 5) is 0. The summed E-state index contributed by atoms with van der Waals surface area (Å²) in [6, 6.07) is 0.680. The largest absolute Gasteiger partial charge is 0.375 e. The Bertz CT molecular complexity index is 183. The smallest absolute Gasteiger partial charge is 0.0621 e. The number of rotatable bonds is 5. The highest BCUT2D eigenvalue weighted by atomic mass is 16.5. The van der Waals surface area contributed by atoms with E-state index in [1.54, 1.807) is 0 Å². The molecule has 0 spiro atoms. The summed E-state index contributed by atoms with van der Waals surface area (Å²) in [5, 5.41) is 3.63. The molecule has 0 aromatic rings. The SMILES string of the molecule is CCCC(C)NCC1CC2CCC1O2. The molecule has 0 aliphatic carbocycles. The molecule has 2 rings (SSSR count). The molecule has 2 nitrogen and oxygen atoms in total. The van der Waals surface area contributed by atoms with Gasteiger partial charge < -0.3 is 10.1 Å². The highest BCUT2D eigenvalue weighted by molar-refractivity contribution is 4.90. The molecule has 4 unspecified atom stereocenters. The molecule has 0 radical (unpaired) electrons. The van der Waals surface area contributed by atoms with Crippen molar-refractivity contribution in [2.24, 2.45) is 5.92 Å². The first-order valence-electron chi connectivity index (χ1n) is 6.18. The minimum absolute atomic E-state index is 0.585. The van der Waals surface area contributed by atoms with Crippen molar-refractivity contribution in [1.29, 1.82) is 0 Å². The quantitative estimate of drug-likeness (QED) is 0.730. The zero-order valence-corrected chi connectivity index (χ0v) is 9.46. The fourth-order valence-electron chi connectivity index (χ4n) is 2.85. The molecule has 2 fully saturated rings. The Labute approximate surface area is 87.4 Å². The molecular weight excluding hydrogens is 174 g/mol. The van der Waals surface area contributed by atoms with Crippen LogP contribution >= 0.6 is 0 Å². The van der Waals surface area contributed by atoms with Crippen LogP contribution in [0.3, 0.4) is 0 Å².